The summed E-state index contributed by atoms with van der Waals surface area (Å²) in [5.41, 5.74) is 0. The van der Waals surface area contributed by atoms with Crippen molar-refractivity contribution in [2.24, 2.45) is 0 Å². The number of rotatable bonds is 12. The van der Waals surface area contributed by atoms with Crippen LogP contribution in [0, 0.1) is 6.92 Å². The van der Waals surface area contributed by atoms with E-state index >= 15 is 0 Å². The highest BCUT2D eigenvalue weighted by Gasteiger charge is 1.85. The van der Waals surface area contributed by atoms with Crippen molar-refractivity contribution in [1.82, 2.24) is 0 Å². The molecule has 0 aromatic heterocycles. The minimum Gasteiger partial charge on any atom is -0.0885 e. The molecule has 0 heterocycles. The van der Waals surface area contributed by atoms with Gasteiger partial charge in [-0.2, -0.15) is 0 Å². The Balaban J connectivity index is 3.11. The fourth-order valence-electron chi connectivity index (χ4n) is 1.76. The Kier molecular flexibility index (Phi) is 15.0. The van der Waals surface area contributed by atoms with E-state index in [1.807, 2.05) is 0 Å². The molecular weight excluding hydrogens is 204 g/mol. The maximum absolute atomic E-state index is 3.86. The lowest BCUT2D eigenvalue weighted by Gasteiger charge is -1.94. The first-order chi connectivity index (χ1) is 8.41. The van der Waals surface area contributed by atoms with Crippen LogP contribution in [0.5, 0.6) is 0 Å². The van der Waals surface area contributed by atoms with Gasteiger partial charge in [-0.3, -0.25) is 0 Å². The van der Waals surface area contributed by atoms with Crippen LogP contribution >= 0.6 is 0 Å². The maximum atomic E-state index is 3.86. The van der Waals surface area contributed by atoms with Crippen LogP contribution in [-0.2, 0) is 0 Å². The summed E-state index contributed by atoms with van der Waals surface area (Å²) in [5, 5.41) is 0. The Bertz CT molecular complexity index is 176. The summed E-state index contributed by atoms with van der Waals surface area (Å²) < 4.78 is 0. The fraction of sp³-hybridized carbons (Fsp3) is 0.706. The lowest BCUT2D eigenvalue weighted by Crippen LogP contribution is -1.74. The predicted octanol–water partition coefficient (Wildman–Crippen LogP) is 6.24. The van der Waals surface area contributed by atoms with Crippen LogP contribution in [0.15, 0.2) is 24.3 Å². The van der Waals surface area contributed by atoms with Gasteiger partial charge < -0.3 is 0 Å². The summed E-state index contributed by atoms with van der Waals surface area (Å²) in [6, 6.07) is 0. The molecule has 0 aliphatic carbocycles. The molecule has 99 valence electrons. The maximum Gasteiger partial charge on any atom is -0.0348 e. The first-order valence-electron chi connectivity index (χ1n) is 7.51. The van der Waals surface area contributed by atoms with Crippen molar-refractivity contribution >= 4 is 0 Å². The van der Waals surface area contributed by atoms with Crippen molar-refractivity contribution in [3.8, 4) is 0 Å². The van der Waals surface area contributed by atoms with Gasteiger partial charge in [-0.25, -0.2) is 0 Å². The zero-order chi connectivity index (χ0) is 12.6. The van der Waals surface area contributed by atoms with Crippen molar-refractivity contribution < 1.29 is 0 Å². The Morgan fingerprint density at radius 3 is 1.71 bits per heavy atom. The lowest BCUT2D eigenvalue weighted by molar-refractivity contribution is 0.693. The molecule has 0 unspecified atom stereocenters. The Morgan fingerprint density at radius 2 is 1.18 bits per heavy atom. The van der Waals surface area contributed by atoms with E-state index in [0.717, 1.165) is 6.42 Å². The highest BCUT2D eigenvalue weighted by molar-refractivity contribution is 4.85. The molecule has 0 aromatic rings. The van der Waals surface area contributed by atoms with E-state index in [-0.39, 0.29) is 0 Å². The third-order valence-electron chi connectivity index (χ3n) is 2.92. The molecule has 0 bridgehead atoms. The quantitative estimate of drug-likeness (QED) is 0.277. The average molecular weight is 235 g/mol. The van der Waals surface area contributed by atoms with Crippen molar-refractivity contribution in [3.63, 3.8) is 0 Å². The Labute approximate surface area is 109 Å². The van der Waals surface area contributed by atoms with Crippen molar-refractivity contribution in [2.45, 2.75) is 77.6 Å². The van der Waals surface area contributed by atoms with Gasteiger partial charge in [0, 0.05) is 0 Å². The number of hydrogen-bond acceptors (Lipinski definition) is 0. The molecule has 0 aliphatic rings. The van der Waals surface area contributed by atoms with Crippen LogP contribution in [0.4, 0.5) is 0 Å². The first kappa shape index (κ1) is 16.5. The molecule has 1 radical (unpaired) electrons. The van der Waals surface area contributed by atoms with Gasteiger partial charge >= 0.3 is 0 Å². The molecule has 0 N–H and O–H groups in total. The molecule has 0 fully saturated rings. The second-order valence-corrected chi connectivity index (χ2v) is 4.72. The van der Waals surface area contributed by atoms with E-state index in [9.17, 15) is 0 Å². The Hall–Kier alpha value is -0.520. The van der Waals surface area contributed by atoms with Crippen LogP contribution in [0.2, 0.25) is 0 Å². The molecule has 0 saturated carbocycles. The van der Waals surface area contributed by atoms with E-state index in [1.165, 1.54) is 64.2 Å². The molecule has 17 heavy (non-hydrogen) atoms. The number of allylic oxidation sites excluding steroid dienone is 4. The van der Waals surface area contributed by atoms with Gasteiger partial charge in [0.2, 0.25) is 0 Å². The fourth-order valence-corrected chi connectivity index (χ4v) is 1.76. The molecule has 0 amide bonds. The number of unbranched alkanes of at least 4 members (excludes halogenated alkanes) is 8. The van der Waals surface area contributed by atoms with E-state index in [0.29, 0.717) is 0 Å². The smallest absolute Gasteiger partial charge is 0.0348 e. The molecule has 0 aliphatic heterocycles. The van der Waals surface area contributed by atoms with Gasteiger partial charge in [0.05, 0.1) is 0 Å². The molecule has 0 aromatic carbocycles. The van der Waals surface area contributed by atoms with Crippen molar-refractivity contribution in [1.29, 1.82) is 0 Å². The largest absolute Gasteiger partial charge is 0.0885 e. The lowest BCUT2D eigenvalue weighted by atomic mass is 10.1. The standard InChI is InChI=1S/C17H31/c1-3-5-7-9-11-13-15-17-16-14-12-10-8-6-4-2/h10,12-13,15H,1,3-9,11,14,16-17H2,2H3/b12-10+,15-13+. The van der Waals surface area contributed by atoms with E-state index < -0.39 is 0 Å². The second-order valence-electron chi connectivity index (χ2n) is 4.72. The highest BCUT2D eigenvalue weighted by Crippen LogP contribution is 2.05. The van der Waals surface area contributed by atoms with Gasteiger partial charge in [-0.15, -0.1) is 0 Å². The molecule has 0 spiro atoms. The zero-order valence-corrected chi connectivity index (χ0v) is 11.8. The van der Waals surface area contributed by atoms with Crippen molar-refractivity contribution in [2.75, 3.05) is 0 Å². The number of hydrogen-bond donors (Lipinski definition) is 0. The molecule has 0 rings (SSSR count). The minimum absolute atomic E-state index is 1.09. The van der Waals surface area contributed by atoms with E-state index in [1.54, 1.807) is 0 Å². The highest BCUT2D eigenvalue weighted by atomic mass is 13.9. The predicted molar refractivity (Wildman–Crippen MR) is 80.1 cm³/mol. The summed E-state index contributed by atoms with van der Waals surface area (Å²) >= 11 is 0. The molecule has 0 saturated heterocycles. The van der Waals surface area contributed by atoms with E-state index in [4.69, 9.17) is 0 Å². The van der Waals surface area contributed by atoms with Gasteiger partial charge in [-0.05, 0) is 38.5 Å². The second kappa shape index (κ2) is 15.5. The molecule has 0 heteroatoms. The van der Waals surface area contributed by atoms with Gasteiger partial charge in [0.15, 0.2) is 0 Å². The van der Waals surface area contributed by atoms with Gasteiger partial charge in [-0.1, -0.05) is 70.3 Å². The summed E-state index contributed by atoms with van der Waals surface area (Å²) in [6.45, 7) is 6.10. The average Bonchev–Trinajstić information content (AvgIpc) is 2.35. The van der Waals surface area contributed by atoms with Crippen LogP contribution < -0.4 is 0 Å². The summed E-state index contributed by atoms with van der Waals surface area (Å²) in [7, 11) is 0. The Morgan fingerprint density at radius 1 is 0.647 bits per heavy atom. The SMILES string of the molecule is [CH2]CCCCC/C=C/CCC/C=C/CCCC. The van der Waals surface area contributed by atoms with E-state index in [2.05, 4.69) is 38.2 Å². The monoisotopic (exact) mass is 235 g/mol. The topological polar surface area (TPSA) is 0 Å². The van der Waals surface area contributed by atoms with Gasteiger partial charge in [0.1, 0.15) is 0 Å². The molecular formula is C17H31. The minimum atomic E-state index is 1.09. The van der Waals surface area contributed by atoms with Gasteiger partial charge in [0.25, 0.3) is 0 Å². The van der Waals surface area contributed by atoms with Crippen molar-refractivity contribution in [3.05, 3.63) is 31.2 Å². The third kappa shape index (κ3) is 15.5. The molecule has 0 nitrogen and oxygen atoms in total. The zero-order valence-electron chi connectivity index (χ0n) is 11.8. The summed E-state index contributed by atoms with van der Waals surface area (Å²) in [6.07, 6.45) is 23.4. The third-order valence-corrected chi connectivity index (χ3v) is 2.92. The molecule has 0 atom stereocenters. The normalized spacial score (nSPS) is 11.9. The summed E-state index contributed by atoms with van der Waals surface area (Å²) in [4.78, 5) is 0. The van der Waals surface area contributed by atoms with Crippen LogP contribution in [0.1, 0.15) is 77.6 Å². The summed E-state index contributed by atoms with van der Waals surface area (Å²) in [5.74, 6) is 0. The first-order valence-corrected chi connectivity index (χ1v) is 7.51. The van der Waals surface area contributed by atoms with Crippen LogP contribution in [-0.4, -0.2) is 0 Å². The van der Waals surface area contributed by atoms with Crippen LogP contribution in [0.25, 0.3) is 0 Å². The van der Waals surface area contributed by atoms with Crippen LogP contribution in [0.3, 0.4) is 0 Å².